The number of nitrogens with one attached hydrogen (secondary N) is 1. The molecule has 2 rings (SSSR count). The number of anilines is 1. The lowest BCUT2D eigenvalue weighted by molar-refractivity contribution is 0.100. The van der Waals surface area contributed by atoms with Crippen LogP contribution >= 0.6 is 15.9 Å². The van der Waals surface area contributed by atoms with Crippen LogP contribution in [0.5, 0.6) is 0 Å². The van der Waals surface area contributed by atoms with E-state index in [9.17, 15) is 4.79 Å². The van der Waals surface area contributed by atoms with E-state index in [1.165, 1.54) is 0 Å². The molecule has 1 aliphatic rings. The molecule has 0 saturated carbocycles. The Morgan fingerprint density at radius 2 is 2.15 bits per heavy atom. The fourth-order valence-electron chi connectivity index (χ4n) is 2.70. The van der Waals surface area contributed by atoms with Crippen molar-refractivity contribution in [3.8, 4) is 0 Å². The topological polar surface area (TPSA) is 58.4 Å². The largest absolute Gasteiger partial charge is 0.371 e. The Bertz CT molecular complexity index is 470. The van der Waals surface area contributed by atoms with Gasteiger partial charge in [0, 0.05) is 17.6 Å². The molecule has 1 aromatic rings. The summed E-state index contributed by atoms with van der Waals surface area (Å²) in [5.41, 5.74) is 7.04. The van der Waals surface area contributed by atoms with Gasteiger partial charge in [-0.3, -0.25) is 4.79 Å². The Labute approximate surface area is 128 Å². The lowest BCUT2D eigenvalue weighted by Crippen LogP contribution is -2.38. The predicted octanol–water partition coefficient (Wildman–Crippen LogP) is 2.37. The van der Waals surface area contributed by atoms with Crippen molar-refractivity contribution in [2.24, 2.45) is 11.7 Å². The number of primary amides is 1. The van der Waals surface area contributed by atoms with Gasteiger partial charge in [0.05, 0.1) is 11.3 Å². The first-order valence-corrected chi connectivity index (χ1v) is 7.96. The molecule has 1 fully saturated rings. The maximum Gasteiger partial charge on any atom is 0.250 e. The van der Waals surface area contributed by atoms with Gasteiger partial charge in [0.1, 0.15) is 0 Å². The highest BCUT2D eigenvalue weighted by atomic mass is 79.9. The first kappa shape index (κ1) is 15.3. The first-order chi connectivity index (χ1) is 9.61. The Kier molecular flexibility index (Phi) is 5.43. The van der Waals surface area contributed by atoms with Crippen molar-refractivity contribution in [1.82, 2.24) is 5.32 Å². The van der Waals surface area contributed by atoms with Crippen molar-refractivity contribution >= 4 is 27.5 Å². The van der Waals surface area contributed by atoms with E-state index in [2.05, 4.69) is 33.1 Å². The van der Waals surface area contributed by atoms with Crippen LogP contribution in [0.25, 0.3) is 0 Å². The summed E-state index contributed by atoms with van der Waals surface area (Å²) in [6.45, 7) is 6.21. The van der Waals surface area contributed by atoms with Gasteiger partial charge >= 0.3 is 0 Å². The van der Waals surface area contributed by atoms with E-state index in [-0.39, 0.29) is 5.91 Å². The van der Waals surface area contributed by atoms with Crippen LogP contribution < -0.4 is 16.0 Å². The van der Waals surface area contributed by atoms with Crippen LogP contribution in [0.4, 0.5) is 5.69 Å². The summed E-state index contributed by atoms with van der Waals surface area (Å²) in [4.78, 5) is 13.8. The monoisotopic (exact) mass is 339 g/mol. The number of carbonyl (C=O) groups is 1. The average molecular weight is 340 g/mol. The van der Waals surface area contributed by atoms with Gasteiger partial charge in [-0.15, -0.1) is 0 Å². The molecule has 0 radical (unpaired) electrons. The lowest BCUT2D eigenvalue weighted by atomic mass is 9.95. The molecule has 0 bridgehead atoms. The smallest absolute Gasteiger partial charge is 0.250 e. The highest BCUT2D eigenvalue weighted by Gasteiger charge is 2.22. The van der Waals surface area contributed by atoms with Crippen molar-refractivity contribution in [3.05, 3.63) is 28.2 Å². The van der Waals surface area contributed by atoms with Crippen LogP contribution in [0.2, 0.25) is 0 Å². The van der Waals surface area contributed by atoms with Crippen LogP contribution in [0.1, 0.15) is 30.1 Å². The Balaban J connectivity index is 2.06. The van der Waals surface area contributed by atoms with Crippen molar-refractivity contribution in [3.63, 3.8) is 0 Å². The van der Waals surface area contributed by atoms with Gasteiger partial charge in [-0.05, 0) is 50.0 Å². The second-order valence-corrected chi connectivity index (χ2v) is 6.18. The number of rotatable bonds is 5. The molecule has 1 aliphatic heterocycles. The van der Waals surface area contributed by atoms with Gasteiger partial charge in [0.15, 0.2) is 0 Å². The Morgan fingerprint density at radius 3 is 2.75 bits per heavy atom. The molecule has 0 aromatic heterocycles. The molecule has 1 amide bonds. The summed E-state index contributed by atoms with van der Waals surface area (Å²) >= 11 is 3.47. The van der Waals surface area contributed by atoms with Crippen molar-refractivity contribution in [2.45, 2.75) is 19.8 Å². The lowest BCUT2D eigenvalue weighted by Gasteiger charge is -2.34. The minimum absolute atomic E-state index is 0.359. The van der Waals surface area contributed by atoms with Gasteiger partial charge in [0.2, 0.25) is 0 Å². The molecule has 1 saturated heterocycles. The highest BCUT2D eigenvalue weighted by Crippen LogP contribution is 2.29. The van der Waals surface area contributed by atoms with E-state index in [0.29, 0.717) is 5.56 Å². The Morgan fingerprint density at radius 1 is 1.45 bits per heavy atom. The molecular weight excluding hydrogens is 318 g/mol. The van der Waals surface area contributed by atoms with Crippen molar-refractivity contribution in [2.75, 3.05) is 31.1 Å². The van der Waals surface area contributed by atoms with Crippen LogP contribution in [0.3, 0.4) is 0 Å². The zero-order valence-corrected chi connectivity index (χ0v) is 13.4. The zero-order valence-electron chi connectivity index (χ0n) is 11.9. The van der Waals surface area contributed by atoms with E-state index in [1.807, 2.05) is 12.1 Å². The molecule has 0 spiro atoms. The van der Waals surface area contributed by atoms with E-state index < -0.39 is 0 Å². The van der Waals surface area contributed by atoms with Gasteiger partial charge in [0.25, 0.3) is 5.91 Å². The van der Waals surface area contributed by atoms with E-state index >= 15 is 0 Å². The van der Waals surface area contributed by atoms with Crippen LogP contribution in [0.15, 0.2) is 22.7 Å². The summed E-state index contributed by atoms with van der Waals surface area (Å²) in [5, 5.41) is 3.41. The molecule has 4 nitrogen and oxygen atoms in total. The molecule has 0 aliphatic carbocycles. The fraction of sp³-hybridized carbons (Fsp3) is 0.533. The standard InChI is InChI=1S/C15H22BrN3O/c1-2-18-10-11-5-7-19(8-6-11)14-9-12(16)3-4-13(14)15(17)20/h3-4,9,11,18H,2,5-8,10H2,1H3,(H2,17,20). The molecule has 0 atom stereocenters. The second-order valence-electron chi connectivity index (χ2n) is 5.26. The number of nitrogens with two attached hydrogens (primary N) is 1. The summed E-state index contributed by atoms with van der Waals surface area (Å²) in [7, 11) is 0. The summed E-state index contributed by atoms with van der Waals surface area (Å²) < 4.78 is 0.979. The van der Waals surface area contributed by atoms with E-state index in [0.717, 1.165) is 55.1 Å². The van der Waals surface area contributed by atoms with E-state index in [4.69, 9.17) is 5.73 Å². The maximum absolute atomic E-state index is 11.6. The van der Waals surface area contributed by atoms with Crippen LogP contribution in [0, 0.1) is 5.92 Å². The van der Waals surface area contributed by atoms with Crippen molar-refractivity contribution < 1.29 is 4.79 Å². The normalized spacial score (nSPS) is 16.4. The predicted molar refractivity (Wildman–Crippen MR) is 86.1 cm³/mol. The van der Waals surface area contributed by atoms with Crippen LogP contribution in [-0.2, 0) is 0 Å². The molecule has 1 aromatic carbocycles. The number of amides is 1. The minimum Gasteiger partial charge on any atom is -0.371 e. The molecule has 3 N–H and O–H groups in total. The Hall–Kier alpha value is -1.07. The molecule has 1 heterocycles. The minimum atomic E-state index is -0.359. The van der Waals surface area contributed by atoms with Gasteiger partial charge in [-0.2, -0.15) is 0 Å². The SMILES string of the molecule is CCNCC1CCN(c2cc(Br)ccc2C(N)=O)CC1. The third-order valence-electron chi connectivity index (χ3n) is 3.86. The number of hydrogen-bond donors (Lipinski definition) is 2. The second kappa shape index (κ2) is 7.09. The zero-order chi connectivity index (χ0) is 14.5. The number of benzene rings is 1. The fourth-order valence-corrected chi connectivity index (χ4v) is 3.05. The first-order valence-electron chi connectivity index (χ1n) is 7.16. The number of piperidine rings is 1. The summed E-state index contributed by atoms with van der Waals surface area (Å²) in [6.07, 6.45) is 2.30. The summed E-state index contributed by atoms with van der Waals surface area (Å²) in [5.74, 6) is 0.373. The van der Waals surface area contributed by atoms with Gasteiger partial charge in [-0.25, -0.2) is 0 Å². The third-order valence-corrected chi connectivity index (χ3v) is 4.36. The third kappa shape index (κ3) is 3.73. The van der Waals surface area contributed by atoms with Gasteiger partial charge in [-0.1, -0.05) is 22.9 Å². The molecular formula is C15H22BrN3O. The number of nitrogens with zero attached hydrogens (tertiary/aromatic N) is 1. The van der Waals surface area contributed by atoms with E-state index in [1.54, 1.807) is 6.07 Å². The average Bonchev–Trinajstić information content (AvgIpc) is 2.45. The summed E-state index contributed by atoms with van der Waals surface area (Å²) in [6, 6.07) is 5.65. The van der Waals surface area contributed by atoms with Crippen LogP contribution in [-0.4, -0.2) is 32.1 Å². The maximum atomic E-state index is 11.6. The quantitative estimate of drug-likeness (QED) is 0.865. The van der Waals surface area contributed by atoms with Crippen molar-refractivity contribution in [1.29, 1.82) is 0 Å². The number of hydrogen-bond acceptors (Lipinski definition) is 3. The number of halogens is 1. The van der Waals surface area contributed by atoms with Gasteiger partial charge < -0.3 is 16.0 Å². The molecule has 20 heavy (non-hydrogen) atoms. The molecule has 0 unspecified atom stereocenters. The highest BCUT2D eigenvalue weighted by molar-refractivity contribution is 9.10. The number of carbonyl (C=O) groups excluding carboxylic acids is 1. The molecule has 110 valence electrons. The molecule has 5 heteroatoms.